The number of hydrogen-bond donors (Lipinski definition) is 0. The van der Waals surface area contributed by atoms with Crippen LogP contribution >= 0.6 is 0 Å². The maximum atomic E-state index is 4.29. The lowest BCUT2D eigenvalue weighted by Gasteiger charge is -2.46. The molecule has 3 atom stereocenters. The summed E-state index contributed by atoms with van der Waals surface area (Å²) in [7, 11) is -2.13. The van der Waals surface area contributed by atoms with Gasteiger partial charge in [-0.2, -0.15) is 0 Å². The second kappa shape index (κ2) is 7.21. The van der Waals surface area contributed by atoms with Gasteiger partial charge in [0.15, 0.2) is 0 Å². The molecule has 0 spiro atoms. The highest BCUT2D eigenvalue weighted by Crippen LogP contribution is 2.56. The van der Waals surface area contributed by atoms with Gasteiger partial charge in [0.1, 0.15) is 0 Å². The van der Waals surface area contributed by atoms with Gasteiger partial charge in [0.2, 0.25) is 0 Å². The molecule has 0 unspecified atom stereocenters. The number of fused-ring (bicyclic) bond motifs is 3. The van der Waals surface area contributed by atoms with Crippen LogP contribution in [0.3, 0.4) is 0 Å². The minimum Gasteiger partial charge on any atom is -0.103 e. The lowest BCUT2D eigenvalue weighted by molar-refractivity contribution is 0.940. The average Bonchev–Trinajstić information content (AvgIpc) is 3.54. The Morgan fingerprint density at radius 1 is 0.581 bits per heavy atom. The van der Waals surface area contributed by atoms with Gasteiger partial charge in [-0.25, -0.2) is 0 Å². The van der Waals surface area contributed by atoms with E-state index < -0.39 is 8.07 Å². The predicted molar refractivity (Wildman–Crippen MR) is 135 cm³/mol. The first-order valence-electron chi connectivity index (χ1n) is 11.3. The number of allylic oxidation sites excluding steroid dienone is 4. The molecule has 150 valence electrons. The fourth-order valence-corrected chi connectivity index (χ4v) is 12.7. The predicted octanol–water partition coefficient (Wildman–Crippen LogP) is 7.67. The van der Waals surface area contributed by atoms with Crippen LogP contribution in [0, 0.1) is 0 Å². The molecule has 0 radical (unpaired) electrons. The van der Waals surface area contributed by atoms with Gasteiger partial charge in [-0.15, -0.1) is 6.58 Å². The van der Waals surface area contributed by atoms with Gasteiger partial charge >= 0.3 is 0 Å². The van der Waals surface area contributed by atoms with Crippen molar-refractivity contribution in [2.75, 3.05) is 0 Å². The molecule has 0 aliphatic heterocycles. The van der Waals surface area contributed by atoms with Gasteiger partial charge in [0.05, 0.1) is 8.07 Å². The minimum atomic E-state index is -2.13. The van der Waals surface area contributed by atoms with E-state index in [-0.39, 0.29) is 0 Å². The molecule has 0 saturated carbocycles. The average molecular weight is 415 g/mol. The third-order valence-corrected chi connectivity index (χ3v) is 13.6. The number of benzene rings is 3. The quantitative estimate of drug-likeness (QED) is 0.297. The van der Waals surface area contributed by atoms with E-state index in [4.69, 9.17) is 0 Å². The van der Waals surface area contributed by atoms with Crippen LogP contribution in [0.5, 0.6) is 0 Å². The Morgan fingerprint density at radius 3 is 1.29 bits per heavy atom. The molecule has 0 nitrogen and oxygen atoms in total. The highest BCUT2D eigenvalue weighted by atomic mass is 28.3. The second-order valence-electron chi connectivity index (χ2n) is 9.00. The molecule has 3 aromatic carbocycles. The monoisotopic (exact) mass is 414 g/mol. The van der Waals surface area contributed by atoms with Crippen molar-refractivity contribution in [3.63, 3.8) is 0 Å². The molecule has 0 saturated heterocycles. The van der Waals surface area contributed by atoms with Gasteiger partial charge in [-0.1, -0.05) is 115 Å². The Bertz CT molecular complexity index is 1110. The van der Waals surface area contributed by atoms with Crippen molar-refractivity contribution in [1.82, 2.24) is 0 Å². The summed E-state index contributed by atoms with van der Waals surface area (Å²) in [5.41, 5.74) is 10.1. The highest BCUT2D eigenvalue weighted by Gasteiger charge is 2.54. The SMILES string of the molecule is C=CC[Si]([C@@H]1C=Cc2ccccc21)([C@@H]1C=Cc2ccccc21)[C@@H]1C=Cc2ccccc21. The zero-order valence-corrected chi connectivity index (χ0v) is 18.6. The molecule has 3 aromatic rings. The fourth-order valence-electron chi connectivity index (χ4n) is 6.37. The number of rotatable bonds is 5. The molecule has 31 heavy (non-hydrogen) atoms. The maximum absolute atomic E-state index is 4.29. The van der Waals surface area contributed by atoms with Crippen molar-refractivity contribution in [3.8, 4) is 0 Å². The van der Waals surface area contributed by atoms with E-state index in [1.165, 1.54) is 33.4 Å². The summed E-state index contributed by atoms with van der Waals surface area (Å²) in [4.78, 5) is 0. The van der Waals surface area contributed by atoms with Crippen LogP contribution in [-0.4, -0.2) is 8.07 Å². The summed E-state index contributed by atoms with van der Waals surface area (Å²) in [6.45, 7) is 4.29. The Kier molecular flexibility index (Phi) is 4.33. The van der Waals surface area contributed by atoms with Crippen LogP contribution in [0.1, 0.15) is 50.0 Å². The molecule has 0 amide bonds. The molecule has 1 heteroatoms. The molecule has 0 bridgehead atoms. The normalized spacial score (nSPS) is 22.4. The standard InChI is InChI=1S/C30H26Si/c1-2-21-31(28-18-15-22-9-3-6-12-25(22)28,29-19-16-23-10-4-7-13-26(23)29)30-20-17-24-11-5-8-14-27(24)30/h2-20,28-30H,1,21H2/t28-,29-,30-/m1/s1. The van der Waals surface area contributed by atoms with E-state index in [0.717, 1.165) is 6.04 Å². The molecule has 0 fully saturated rings. The van der Waals surface area contributed by atoms with Crippen LogP contribution in [0.15, 0.2) is 104 Å². The summed E-state index contributed by atoms with van der Waals surface area (Å²) >= 11 is 0. The van der Waals surface area contributed by atoms with Crippen LogP contribution < -0.4 is 0 Å². The van der Waals surface area contributed by atoms with Crippen molar-refractivity contribution < 1.29 is 0 Å². The van der Waals surface area contributed by atoms with Gasteiger partial charge < -0.3 is 0 Å². The molecule has 6 rings (SSSR count). The Balaban J connectivity index is 1.62. The smallest absolute Gasteiger partial charge is 0.0923 e. The molecular weight excluding hydrogens is 388 g/mol. The van der Waals surface area contributed by atoms with Crippen LogP contribution in [-0.2, 0) is 0 Å². The highest BCUT2D eigenvalue weighted by molar-refractivity contribution is 6.86. The van der Waals surface area contributed by atoms with E-state index in [2.05, 4.69) is 122 Å². The molecule has 3 aliphatic rings. The Labute approximate surface area is 186 Å². The molecule has 0 heterocycles. The van der Waals surface area contributed by atoms with Crippen molar-refractivity contribution >= 4 is 26.3 Å². The Morgan fingerprint density at radius 2 is 0.935 bits per heavy atom. The van der Waals surface area contributed by atoms with E-state index in [1.807, 2.05) is 0 Å². The van der Waals surface area contributed by atoms with Crippen LogP contribution in [0.4, 0.5) is 0 Å². The number of hydrogen-bond acceptors (Lipinski definition) is 0. The lowest BCUT2D eigenvalue weighted by atomic mass is 10.1. The fraction of sp³-hybridized carbons (Fsp3) is 0.133. The van der Waals surface area contributed by atoms with Gasteiger partial charge in [-0.3, -0.25) is 0 Å². The summed E-state index contributed by atoms with van der Waals surface area (Å²) in [5.74, 6) is 0. The molecule has 3 aliphatic carbocycles. The summed E-state index contributed by atoms with van der Waals surface area (Å²) in [6, 6.07) is 28.1. The second-order valence-corrected chi connectivity index (χ2v) is 13.5. The largest absolute Gasteiger partial charge is 0.103 e. The van der Waals surface area contributed by atoms with E-state index in [9.17, 15) is 0 Å². The lowest BCUT2D eigenvalue weighted by Crippen LogP contribution is -2.51. The Hall–Kier alpha value is -3.16. The minimum absolute atomic E-state index is 0.461. The summed E-state index contributed by atoms with van der Waals surface area (Å²) < 4.78 is 0. The maximum Gasteiger partial charge on any atom is 0.0923 e. The molecule has 0 N–H and O–H groups in total. The third kappa shape index (κ3) is 2.66. The van der Waals surface area contributed by atoms with E-state index in [1.54, 1.807) is 0 Å². The zero-order chi connectivity index (χ0) is 20.8. The summed E-state index contributed by atoms with van der Waals surface area (Å²) in [5, 5.41) is 0. The van der Waals surface area contributed by atoms with E-state index in [0.29, 0.717) is 16.6 Å². The molecule has 0 aromatic heterocycles. The summed E-state index contributed by atoms with van der Waals surface area (Å²) in [6.07, 6.45) is 16.8. The topological polar surface area (TPSA) is 0 Å². The van der Waals surface area contributed by atoms with Crippen molar-refractivity contribution in [2.24, 2.45) is 0 Å². The van der Waals surface area contributed by atoms with Crippen molar-refractivity contribution in [2.45, 2.75) is 22.7 Å². The van der Waals surface area contributed by atoms with Crippen molar-refractivity contribution in [1.29, 1.82) is 0 Å². The van der Waals surface area contributed by atoms with E-state index >= 15 is 0 Å². The zero-order valence-electron chi connectivity index (χ0n) is 17.6. The van der Waals surface area contributed by atoms with Gasteiger partial charge in [0, 0.05) is 16.6 Å². The van der Waals surface area contributed by atoms with Gasteiger partial charge in [-0.05, 0) is 39.4 Å². The molecular formula is C30H26Si. The first kappa shape index (κ1) is 18.6. The third-order valence-electron chi connectivity index (χ3n) is 7.63. The first-order valence-corrected chi connectivity index (χ1v) is 13.7. The van der Waals surface area contributed by atoms with Gasteiger partial charge in [0.25, 0.3) is 0 Å². The van der Waals surface area contributed by atoms with Crippen LogP contribution in [0.2, 0.25) is 6.04 Å². The van der Waals surface area contributed by atoms with Crippen LogP contribution in [0.25, 0.3) is 18.2 Å². The first-order chi connectivity index (χ1) is 15.3. The van der Waals surface area contributed by atoms with Crippen molar-refractivity contribution in [3.05, 3.63) is 137 Å².